The van der Waals surface area contributed by atoms with E-state index in [0.717, 1.165) is 15.7 Å². The number of nitrogens with zero attached hydrogens (tertiary/aromatic N) is 1. The Kier molecular flexibility index (Phi) is 5.36. The van der Waals surface area contributed by atoms with E-state index in [-0.39, 0.29) is 0 Å². The first-order chi connectivity index (χ1) is 14.1. The fourth-order valence-electron chi connectivity index (χ4n) is 3.49. The molecule has 0 aromatic heterocycles. The van der Waals surface area contributed by atoms with E-state index in [1.807, 2.05) is 36.6 Å². The van der Waals surface area contributed by atoms with Crippen LogP contribution in [0.15, 0.2) is 66.7 Å². The van der Waals surface area contributed by atoms with Crippen molar-refractivity contribution in [2.24, 2.45) is 0 Å². The van der Waals surface area contributed by atoms with E-state index in [1.165, 1.54) is 0 Å². The molecule has 0 aliphatic carbocycles. The van der Waals surface area contributed by atoms with Gasteiger partial charge in [-0.05, 0) is 53.5 Å². The minimum atomic E-state index is -0.971. The van der Waals surface area contributed by atoms with Crippen LogP contribution in [-0.4, -0.2) is 40.7 Å². The third-order valence-corrected chi connectivity index (χ3v) is 5.59. The Morgan fingerprint density at radius 1 is 0.931 bits per heavy atom. The van der Waals surface area contributed by atoms with Gasteiger partial charge in [0.15, 0.2) is 0 Å². The highest BCUT2D eigenvalue weighted by Crippen LogP contribution is 2.28. The Hall–Kier alpha value is -3.12. The third-order valence-electron chi connectivity index (χ3n) is 4.94. The van der Waals surface area contributed by atoms with Crippen LogP contribution in [0.2, 0.25) is 0 Å². The van der Waals surface area contributed by atoms with Gasteiger partial charge in [-0.25, -0.2) is 4.79 Å². The van der Waals surface area contributed by atoms with Gasteiger partial charge < -0.3 is 4.74 Å². The highest BCUT2D eigenvalue weighted by Gasteiger charge is 2.43. The molecule has 3 aromatic rings. The maximum Gasteiger partial charge on any atom is 0.334 e. The van der Waals surface area contributed by atoms with E-state index in [1.54, 1.807) is 48.2 Å². The zero-order valence-corrected chi connectivity index (χ0v) is 16.6. The van der Waals surface area contributed by atoms with Crippen molar-refractivity contribution >= 4 is 40.3 Å². The van der Waals surface area contributed by atoms with Crippen molar-refractivity contribution in [3.8, 4) is 5.75 Å². The smallest absolute Gasteiger partial charge is 0.334 e. The summed E-state index contributed by atoms with van der Waals surface area (Å²) in [6.07, 6.45) is 2.24. The summed E-state index contributed by atoms with van der Waals surface area (Å²) < 4.78 is 5.60. The van der Waals surface area contributed by atoms with Crippen LogP contribution in [-0.2, 0) is 4.79 Å². The number of hydrogen-bond donors (Lipinski definition) is 0. The minimum absolute atomic E-state index is 0.324. The molecule has 29 heavy (non-hydrogen) atoms. The maximum atomic E-state index is 13.0. The molecule has 3 aromatic carbocycles. The molecular formula is C23H19NO4S. The second kappa shape index (κ2) is 8.09. The van der Waals surface area contributed by atoms with Gasteiger partial charge in [0.1, 0.15) is 11.8 Å². The Morgan fingerprint density at radius 2 is 1.55 bits per heavy atom. The molecule has 1 aliphatic heterocycles. The Morgan fingerprint density at radius 3 is 2.21 bits per heavy atom. The first-order valence-corrected chi connectivity index (χ1v) is 10.7. The second-order valence-electron chi connectivity index (χ2n) is 6.75. The summed E-state index contributed by atoms with van der Waals surface area (Å²) in [4.78, 5) is 39.7. The molecular weight excluding hydrogens is 386 g/mol. The van der Waals surface area contributed by atoms with Gasteiger partial charge >= 0.3 is 5.97 Å². The topological polar surface area (TPSA) is 63.7 Å². The fourth-order valence-corrected chi connectivity index (χ4v) is 3.95. The zero-order valence-electron chi connectivity index (χ0n) is 15.8. The van der Waals surface area contributed by atoms with Gasteiger partial charge in [0.2, 0.25) is 0 Å². The molecule has 5 nitrogen and oxygen atoms in total. The molecule has 1 aliphatic rings. The predicted molar refractivity (Wildman–Crippen MR) is 113 cm³/mol. The van der Waals surface area contributed by atoms with Crippen molar-refractivity contribution < 1.29 is 19.1 Å². The standard InChI is InChI=1S/C23H19NO4S/c1-29-13-12-20(24-21(25)18-8-4-5-9-19(18)22(24)26)23(27)28-17-11-10-15-6-2-3-7-16(15)14-17/h2-11,14,20H,12-13H2,1H3/t20-/m1/s1. The molecule has 1 atom stereocenters. The highest BCUT2D eigenvalue weighted by atomic mass is 32.2. The van der Waals surface area contributed by atoms with E-state index in [2.05, 4.69) is 0 Å². The molecule has 6 heteroatoms. The summed E-state index contributed by atoms with van der Waals surface area (Å²) in [6.45, 7) is 0. The van der Waals surface area contributed by atoms with Crippen LogP contribution in [0.1, 0.15) is 27.1 Å². The number of fused-ring (bicyclic) bond motifs is 2. The molecule has 0 saturated carbocycles. The summed E-state index contributed by atoms with van der Waals surface area (Å²) in [5, 5.41) is 1.98. The molecule has 146 valence electrons. The first-order valence-electron chi connectivity index (χ1n) is 9.26. The normalized spacial score (nSPS) is 14.2. The van der Waals surface area contributed by atoms with Crippen molar-refractivity contribution in [1.82, 2.24) is 4.90 Å². The van der Waals surface area contributed by atoms with Gasteiger partial charge in [-0.3, -0.25) is 14.5 Å². The lowest BCUT2D eigenvalue weighted by Gasteiger charge is -2.24. The van der Waals surface area contributed by atoms with Crippen LogP contribution in [0.5, 0.6) is 5.75 Å². The van der Waals surface area contributed by atoms with Crippen LogP contribution in [0.4, 0.5) is 0 Å². The van der Waals surface area contributed by atoms with Crippen molar-refractivity contribution in [3.63, 3.8) is 0 Å². The zero-order chi connectivity index (χ0) is 20.4. The average molecular weight is 405 g/mol. The van der Waals surface area contributed by atoms with Gasteiger partial charge in [0.05, 0.1) is 11.1 Å². The second-order valence-corrected chi connectivity index (χ2v) is 7.74. The van der Waals surface area contributed by atoms with E-state index in [4.69, 9.17) is 4.74 Å². The van der Waals surface area contributed by atoms with Gasteiger partial charge in [0.25, 0.3) is 11.8 Å². The quantitative estimate of drug-likeness (QED) is 0.350. The Labute approximate surface area is 172 Å². The monoisotopic (exact) mass is 405 g/mol. The molecule has 0 fully saturated rings. The molecule has 2 amide bonds. The van der Waals surface area contributed by atoms with Crippen molar-refractivity contribution in [1.29, 1.82) is 0 Å². The van der Waals surface area contributed by atoms with Crippen molar-refractivity contribution in [2.45, 2.75) is 12.5 Å². The van der Waals surface area contributed by atoms with E-state index in [9.17, 15) is 14.4 Å². The number of benzene rings is 3. The molecule has 0 N–H and O–H groups in total. The summed E-state index contributed by atoms with van der Waals surface area (Å²) in [6, 6.07) is 18.8. The van der Waals surface area contributed by atoms with Crippen molar-refractivity contribution in [3.05, 3.63) is 77.9 Å². The van der Waals surface area contributed by atoms with E-state index < -0.39 is 23.8 Å². The fraction of sp³-hybridized carbons (Fsp3) is 0.174. The number of hydrogen-bond acceptors (Lipinski definition) is 5. The minimum Gasteiger partial charge on any atom is -0.425 e. The lowest BCUT2D eigenvalue weighted by Crippen LogP contribution is -2.47. The summed E-state index contributed by atoms with van der Waals surface area (Å²) in [5.74, 6) is -0.507. The van der Waals surface area contributed by atoms with Gasteiger partial charge in [-0.1, -0.05) is 42.5 Å². The Balaban J connectivity index is 1.61. The Bertz CT molecular complexity index is 1080. The summed E-state index contributed by atoms with van der Waals surface area (Å²) in [7, 11) is 0. The molecule has 4 rings (SSSR count). The largest absolute Gasteiger partial charge is 0.425 e. The predicted octanol–water partition coefficient (Wildman–Crippen LogP) is 4.16. The van der Waals surface area contributed by atoms with Crippen LogP contribution >= 0.6 is 11.8 Å². The van der Waals surface area contributed by atoms with Gasteiger partial charge in [0, 0.05) is 0 Å². The lowest BCUT2D eigenvalue weighted by atomic mass is 10.1. The van der Waals surface area contributed by atoms with Gasteiger partial charge in [-0.2, -0.15) is 11.8 Å². The van der Waals surface area contributed by atoms with Crippen LogP contribution in [0, 0.1) is 0 Å². The number of esters is 1. The molecule has 0 bridgehead atoms. The number of rotatable bonds is 6. The van der Waals surface area contributed by atoms with Crippen LogP contribution < -0.4 is 4.74 Å². The number of imide groups is 1. The maximum absolute atomic E-state index is 13.0. The van der Waals surface area contributed by atoms with Gasteiger partial charge in [-0.15, -0.1) is 0 Å². The number of ether oxygens (including phenoxy) is 1. The van der Waals surface area contributed by atoms with Crippen molar-refractivity contribution in [2.75, 3.05) is 12.0 Å². The SMILES string of the molecule is CSCC[C@H](C(=O)Oc1ccc2ccccc2c1)N1C(=O)c2ccccc2C1=O. The molecule has 0 radical (unpaired) electrons. The molecule has 0 spiro atoms. The number of amides is 2. The van der Waals surface area contributed by atoms with Crippen LogP contribution in [0.3, 0.4) is 0 Å². The van der Waals surface area contributed by atoms with E-state index in [0.29, 0.717) is 29.1 Å². The van der Waals surface area contributed by atoms with Crippen LogP contribution in [0.25, 0.3) is 10.8 Å². The number of carbonyl (C=O) groups is 3. The molecule has 0 unspecified atom stereocenters. The number of thioether (sulfide) groups is 1. The average Bonchev–Trinajstić information content (AvgIpc) is 2.99. The van der Waals surface area contributed by atoms with E-state index >= 15 is 0 Å². The lowest BCUT2D eigenvalue weighted by molar-refractivity contribution is -0.138. The highest BCUT2D eigenvalue weighted by molar-refractivity contribution is 7.98. The third kappa shape index (κ3) is 3.63. The summed E-state index contributed by atoms with van der Waals surface area (Å²) >= 11 is 1.54. The molecule has 0 saturated heterocycles. The molecule has 1 heterocycles. The first kappa shape index (κ1) is 19.2. The number of carbonyl (C=O) groups excluding carboxylic acids is 3. The summed E-state index contributed by atoms with van der Waals surface area (Å²) in [5.41, 5.74) is 0.648.